The first-order valence-electron chi connectivity index (χ1n) is 4.94. The molecule has 0 spiro atoms. The minimum atomic E-state index is -4.24. The number of piperidine rings is 1. The fourth-order valence-electron chi connectivity index (χ4n) is 1.90. The number of alkyl halides is 3. The lowest BCUT2D eigenvalue weighted by Crippen LogP contribution is -2.54. The zero-order valence-corrected chi connectivity index (χ0v) is 8.14. The maximum Gasteiger partial charge on any atom is 0.403 e. The zero-order chi connectivity index (χ0) is 10.8. The van der Waals surface area contributed by atoms with Crippen molar-refractivity contribution in [1.82, 2.24) is 5.32 Å². The highest BCUT2D eigenvalue weighted by atomic mass is 19.4. The van der Waals surface area contributed by atoms with Crippen LogP contribution in [0.5, 0.6) is 0 Å². The monoisotopic (exact) mass is 211 g/mol. The Kier molecular flexibility index (Phi) is 3.78. The van der Waals surface area contributed by atoms with E-state index in [1.54, 1.807) is 0 Å². The van der Waals surface area contributed by atoms with Crippen molar-refractivity contribution in [3.63, 3.8) is 0 Å². The number of hydrogen-bond donors (Lipinski definition) is 2. The summed E-state index contributed by atoms with van der Waals surface area (Å²) >= 11 is 0. The lowest BCUT2D eigenvalue weighted by molar-refractivity contribution is -0.171. The molecule has 0 amide bonds. The van der Waals surface area contributed by atoms with Crippen LogP contribution < -0.4 is 5.32 Å². The van der Waals surface area contributed by atoms with E-state index in [0.29, 0.717) is 12.8 Å². The summed E-state index contributed by atoms with van der Waals surface area (Å²) in [6.07, 6.45) is -3.34. The van der Waals surface area contributed by atoms with Gasteiger partial charge in [0, 0.05) is 6.04 Å². The van der Waals surface area contributed by atoms with Crippen molar-refractivity contribution in [1.29, 1.82) is 0 Å². The van der Waals surface area contributed by atoms with E-state index in [1.807, 2.05) is 6.92 Å². The summed E-state index contributed by atoms with van der Waals surface area (Å²) in [6, 6.07) is -1.74. The molecule has 1 heterocycles. The zero-order valence-electron chi connectivity index (χ0n) is 8.14. The predicted molar refractivity (Wildman–Crippen MR) is 46.9 cm³/mol. The Morgan fingerprint density at radius 1 is 1.36 bits per heavy atom. The number of halogens is 3. The Hall–Kier alpha value is -0.290. The molecule has 3 atom stereocenters. The second-order valence-electron chi connectivity index (χ2n) is 3.87. The summed E-state index contributed by atoms with van der Waals surface area (Å²) in [5, 5.41) is 11.8. The average molecular weight is 211 g/mol. The summed E-state index contributed by atoms with van der Waals surface area (Å²) in [4.78, 5) is 0. The smallest absolute Gasteiger partial charge is 0.393 e. The second kappa shape index (κ2) is 4.49. The molecule has 1 aliphatic rings. The van der Waals surface area contributed by atoms with Crippen LogP contribution in [0.25, 0.3) is 0 Å². The highest BCUT2D eigenvalue weighted by molar-refractivity contribution is 4.88. The first kappa shape index (κ1) is 11.8. The molecule has 1 fully saturated rings. The van der Waals surface area contributed by atoms with Gasteiger partial charge in [-0.1, -0.05) is 13.3 Å². The Bertz CT molecular complexity index is 183. The third-order valence-electron chi connectivity index (χ3n) is 2.53. The van der Waals surface area contributed by atoms with Gasteiger partial charge in [0.15, 0.2) is 0 Å². The molecule has 0 aromatic heterocycles. The fraction of sp³-hybridized carbons (Fsp3) is 1.00. The lowest BCUT2D eigenvalue weighted by Gasteiger charge is -2.35. The first-order valence-corrected chi connectivity index (χ1v) is 4.94. The van der Waals surface area contributed by atoms with E-state index >= 15 is 0 Å². The van der Waals surface area contributed by atoms with E-state index < -0.39 is 18.3 Å². The van der Waals surface area contributed by atoms with Crippen LogP contribution in [0.4, 0.5) is 13.2 Å². The molecule has 1 rings (SSSR count). The normalized spacial score (nSPS) is 34.5. The van der Waals surface area contributed by atoms with Gasteiger partial charge in [-0.05, 0) is 19.3 Å². The molecule has 0 saturated carbocycles. The largest absolute Gasteiger partial charge is 0.403 e. The molecule has 0 bridgehead atoms. The topological polar surface area (TPSA) is 32.3 Å². The highest BCUT2D eigenvalue weighted by Crippen LogP contribution is 2.28. The minimum absolute atomic E-state index is 0.199. The number of aliphatic hydroxyl groups excluding tert-OH is 1. The maximum absolute atomic E-state index is 12.4. The van der Waals surface area contributed by atoms with Gasteiger partial charge < -0.3 is 10.4 Å². The summed E-state index contributed by atoms with van der Waals surface area (Å²) in [6.45, 7) is 1.92. The predicted octanol–water partition coefficient (Wildman–Crippen LogP) is 1.83. The van der Waals surface area contributed by atoms with Crippen molar-refractivity contribution in [2.75, 3.05) is 0 Å². The van der Waals surface area contributed by atoms with Gasteiger partial charge in [0.25, 0.3) is 0 Å². The second-order valence-corrected chi connectivity index (χ2v) is 3.87. The van der Waals surface area contributed by atoms with Gasteiger partial charge in [-0.3, -0.25) is 0 Å². The summed E-state index contributed by atoms with van der Waals surface area (Å²) in [5.74, 6) is 0. The van der Waals surface area contributed by atoms with Crippen LogP contribution in [0.2, 0.25) is 0 Å². The van der Waals surface area contributed by atoms with Crippen LogP contribution in [-0.2, 0) is 0 Å². The Labute approximate surface area is 81.5 Å². The summed E-state index contributed by atoms with van der Waals surface area (Å²) in [7, 11) is 0. The van der Waals surface area contributed by atoms with Crippen molar-refractivity contribution < 1.29 is 18.3 Å². The number of nitrogens with one attached hydrogen (secondary N) is 1. The summed E-state index contributed by atoms with van der Waals surface area (Å²) < 4.78 is 37.1. The van der Waals surface area contributed by atoms with Crippen LogP contribution in [0.15, 0.2) is 0 Å². The van der Waals surface area contributed by atoms with Gasteiger partial charge in [-0.2, -0.15) is 13.2 Å². The lowest BCUT2D eigenvalue weighted by atomic mass is 9.93. The fourth-order valence-corrected chi connectivity index (χ4v) is 1.90. The van der Waals surface area contributed by atoms with E-state index in [1.165, 1.54) is 0 Å². The molecule has 0 aromatic carbocycles. The molecule has 2 nitrogen and oxygen atoms in total. The average Bonchev–Trinajstić information content (AvgIpc) is 2.02. The molecule has 0 radical (unpaired) electrons. The van der Waals surface area contributed by atoms with Gasteiger partial charge >= 0.3 is 6.18 Å². The van der Waals surface area contributed by atoms with E-state index in [0.717, 1.165) is 6.42 Å². The van der Waals surface area contributed by atoms with E-state index in [4.69, 9.17) is 0 Å². The van der Waals surface area contributed by atoms with Crippen LogP contribution in [-0.4, -0.2) is 29.5 Å². The van der Waals surface area contributed by atoms with Crippen molar-refractivity contribution in [3.05, 3.63) is 0 Å². The van der Waals surface area contributed by atoms with Gasteiger partial charge in [-0.15, -0.1) is 0 Å². The maximum atomic E-state index is 12.4. The molecule has 84 valence electrons. The van der Waals surface area contributed by atoms with Gasteiger partial charge in [-0.25, -0.2) is 0 Å². The Morgan fingerprint density at radius 2 is 2.00 bits per heavy atom. The number of rotatable bonds is 2. The molecule has 2 N–H and O–H groups in total. The van der Waals surface area contributed by atoms with Crippen molar-refractivity contribution in [3.8, 4) is 0 Å². The molecular formula is C9H16F3NO. The Balaban J connectivity index is 2.54. The van der Waals surface area contributed by atoms with E-state index in [-0.39, 0.29) is 12.5 Å². The molecule has 14 heavy (non-hydrogen) atoms. The first-order chi connectivity index (χ1) is 6.43. The van der Waals surface area contributed by atoms with Crippen LogP contribution in [0.1, 0.15) is 32.6 Å². The van der Waals surface area contributed by atoms with E-state index in [9.17, 15) is 18.3 Å². The van der Waals surface area contributed by atoms with Crippen molar-refractivity contribution >= 4 is 0 Å². The quantitative estimate of drug-likeness (QED) is 0.730. The molecule has 0 aliphatic carbocycles. The van der Waals surface area contributed by atoms with Gasteiger partial charge in [0.2, 0.25) is 0 Å². The number of aliphatic hydroxyl groups is 1. The van der Waals surface area contributed by atoms with E-state index in [2.05, 4.69) is 5.32 Å². The van der Waals surface area contributed by atoms with Crippen LogP contribution >= 0.6 is 0 Å². The van der Waals surface area contributed by atoms with Crippen molar-refractivity contribution in [2.24, 2.45) is 0 Å². The standard InChI is InChI=1S/C9H16F3NO/c1-2-3-6-4-7(14)5-8(13-6)9(10,11)12/h6-8,13-14H,2-5H2,1H3/t6-,7+,8-/m0/s1. The van der Waals surface area contributed by atoms with Gasteiger partial charge in [0.1, 0.15) is 6.04 Å². The van der Waals surface area contributed by atoms with Crippen LogP contribution in [0, 0.1) is 0 Å². The molecule has 0 aromatic rings. The molecule has 0 unspecified atom stereocenters. The van der Waals surface area contributed by atoms with Crippen LogP contribution in [0.3, 0.4) is 0 Å². The molecular weight excluding hydrogens is 195 g/mol. The third kappa shape index (κ3) is 3.13. The molecule has 1 saturated heterocycles. The van der Waals surface area contributed by atoms with Crippen molar-refractivity contribution in [2.45, 2.75) is 57.0 Å². The molecule has 1 aliphatic heterocycles. The van der Waals surface area contributed by atoms with Gasteiger partial charge in [0.05, 0.1) is 6.10 Å². The third-order valence-corrected chi connectivity index (χ3v) is 2.53. The SMILES string of the molecule is CCC[C@H]1C[C@@H](O)C[C@@H](C(F)(F)F)N1. The Morgan fingerprint density at radius 3 is 2.50 bits per heavy atom. The summed E-state index contributed by atoms with van der Waals surface area (Å²) in [5.41, 5.74) is 0. The highest BCUT2D eigenvalue weighted by Gasteiger charge is 2.44. The molecule has 5 heteroatoms. The number of hydrogen-bond acceptors (Lipinski definition) is 2. The minimum Gasteiger partial charge on any atom is -0.393 e.